The number of fused-ring (bicyclic) bond motifs is 1. The van der Waals surface area contributed by atoms with Gasteiger partial charge in [0.15, 0.2) is 15.9 Å². The van der Waals surface area contributed by atoms with Gasteiger partial charge in [0.1, 0.15) is 6.54 Å². The van der Waals surface area contributed by atoms with Gasteiger partial charge < -0.3 is 20.9 Å². The molecule has 0 aliphatic heterocycles. The van der Waals surface area contributed by atoms with Gasteiger partial charge in [-0.3, -0.25) is 14.2 Å². The molecule has 0 amide bonds. The highest BCUT2D eigenvalue weighted by atomic mass is 79.9. The van der Waals surface area contributed by atoms with E-state index in [1.54, 1.807) is 13.8 Å². The van der Waals surface area contributed by atoms with Crippen LogP contribution in [0.25, 0.3) is 11.2 Å². The first-order valence-corrected chi connectivity index (χ1v) is 7.24. The molecule has 2 aromatic rings. The van der Waals surface area contributed by atoms with Crippen LogP contribution in [0.2, 0.25) is 0 Å². The molecule has 5 N–H and O–H groups in total. The first-order chi connectivity index (χ1) is 10.5. The van der Waals surface area contributed by atoms with Crippen molar-refractivity contribution < 1.29 is 15.0 Å². The molecule has 0 fully saturated rings. The van der Waals surface area contributed by atoms with Crippen molar-refractivity contribution in [2.75, 3.05) is 6.61 Å². The number of aryl methyl sites for hydroxylation is 1. The number of rotatable bonds is 3. The van der Waals surface area contributed by atoms with Gasteiger partial charge in [0, 0.05) is 12.6 Å². The molecule has 0 radical (unpaired) electrons. The Balaban J connectivity index is 0.000000379. The maximum absolute atomic E-state index is 11.8. The first kappa shape index (κ1) is 19.1. The highest BCUT2D eigenvalue weighted by Gasteiger charge is 2.16. The molecule has 128 valence electrons. The van der Waals surface area contributed by atoms with Gasteiger partial charge in [0.25, 0.3) is 5.56 Å². The number of H-pyrrole nitrogens is 1. The van der Waals surface area contributed by atoms with Gasteiger partial charge in [-0.15, -0.1) is 0 Å². The number of aliphatic hydroxyl groups is 1. The van der Waals surface area contributed by atoms with E-state index in [2.05, 4.69) is 25.9 Å². The largest absolute Gasteiger partial charge is 0.480 e. The fraction of sp³-hybridized carbons (Fsp3) is 0.500. The number of carbonyl (C=O) groups is 1. The van der Waals surface area contributed by atoms with E-state index in [1.807, 2.05) is 0 Å². The molecule has 0 aromatic carbocycles. The van der Waals surface area contributed by atoms with Crippen molar-refractivity contribution >= 4 is 33.1 Å². The number of halogens is 1. The number of aliphatic hydroxyl groups excluding tert-OH is 1. The fourth-order valence-electron chi connectivity index (χ4n) is 1.50. The Hall–Kier alpha value is -1.98. The predicted molar refractivity (Wildman–Crippen MR) is 86.3 cm³/mol. The van der Waals surface area contributed by atoms with E-state index in [1.165, 1.54) is 7.05 Å². The summed E-state index contributed by atoms with van der Waals surface area (Å²) in [5.74, 6) is -1.26. The number of hydrogen-bond acceptors (Lipinski definition) is 6. The molecule has 0 bridgehead atoms. The number of aliphatic carboxylic acids is 1. The zero-order valence-electron chi connectivity index (χ0n) is 12.8. The number of nitrogens with one attached hydrogen (secondary N) is 1. The number of nitrogens with two attached hydrogens (primary N) is 1. The normalized spacial score (nSPS) is 11.2. The van der Waals surface area contributed by atoms with Crippen molar-refractivity contribution in [1.82, 2.24) is 19.1 Å². The van der Waals surface area contributed by atoms with Crippen LogP contribution in [0.3, 0.4) is 0 Å². The summed E-state index contributed by atoms with van der Waals surface area (Å²) < 4.78 is 2.05. The summed E-state index contributed by atoms with van der Waals surface area (Å²) in [4.78, 5) is 40.7. The highest BCUT2D eigenvalue weighted by Crippen LogP contribution is 2.08. The zero-order valence-corrected chi connectivity index (χ0v) is 14.4. The van der Waals surface area contributed by atoms with Crippen molar-refractivity contribution in [1.29, 1.82) is 0 Å². The van der Waals surface area contributed by atoms with Gasteiger partial charge in [-0.2, -0.15) is 0 Å². The van der Waals surface area contributed by atoms with Gasteiger partial charge in [-0.05, 0) is 29.8 Å². The van der Waals surface area contributed by atoms with E-state index in [-0.39, 0.29) is 17.8 Å². The number of imidazole rings is 1. The molecule has 2 aromatic heterocycles. The summed E-state index contributed by atoms with van der Waals surface area (Å²) in [5.41, 5.74) is 3.72. The second-order valence-corrected chi connectivity index (χ2v) is 6.25. The standard InChI is InChI=1S/C8H7BrN4O4.C4H11NO/c1-12-5-4(10-7(9)11-5)6(16)13(8(12)17)2-3(14)15;1-4(2,5)3-6/h2H2,1H3,(H,10,11)(H,14,15);6H,3,5H2,1-2H3. The summed E-state index contributed by atoms with van der Waals surface area (Å²) >= 11 is 3.05. The molecule has 2 rings (SSSR count). The van der Waals surface area contributed by atoms with Crippen LogP contribution in [-0.4, -0.2) is 47.4 Å². The SMILES string of the molecule is CC(C)(N)CO.Cn1c(=O)n(CC(=O)O)c(=O)c2[nH]c(Br)nc21. The van der Waals surface area contributed by atoms with Crippen LogP contribution in [0.15, 0.2) is 14.3 Å². The Morgan fingerprint density at radius 2 is 1.96 bits per heavy atom. The summed E-state index contributed by atoms with van der Waals surface area (Å²) in [5, 5.41) is 16.9. The molecule has 23 heavy (non-hydrogen) atoms. The molecule has 0 saturated heterocycles. The van der Waals surface area contributed by atoms with Crippen LogP contribution in [-0.2, 0) is 18.4 Å². The van der Waals surface area contributed by atoms with Crippen molar-refractivity contribution in [3.63, 3.8) is 0 Å². The minimum absolute atomic E-state index is 0.0486. The summed E-state index contributed by atoms with van der Waals surface area (Å²) in [6, 6.07) is 0. The van der Waals surface area contributed by atoms with Gasteiger partial charge in [-0.25, -0.2) is 14.3 Å². The van der Waals surface area contributed by atoms with Crippen LogP contribution in [0, 0.1) is 0 Å². The second-order valence-electron chi connectivity index (χ2n) is 5.50. The van der Waals surface area contributed by atoms with Crippen LogP contribution in [0.1, 0.15) is 13.8 Å². The van der Waals surface area contributed by atoms with E-state index < -0.39 is 29.3 Å². The van der Waals surface area contributed by atoms with Gasteiger partial charge >= 0.3 is 11.7 Å². The average Bonchev–Trinajstić information content (AvgIpc) is 2.83. The number of carboxylic acids is 1. The van der Waals surface area contributed by atoms with Crippen molar-refractivity contribution in [2.24, 2.45) is 12.8 Å². The molecule has 0 aliphatic rings. The Labute approximate surface area is 138 Å². The summed E-state index contributed by atoms with van der Waals surface area (Å²) in [7, 11) is 1.41. The minimum atomic E-state index is -1.26. The number of aromatic nitrogens is 4. The van der Waals surface area contributed by atoms with Crippen LogP contribution >= 0.6 is 15.9 Å². The Morgan fingerprint density at radius 1 is 1.43 bits per heavy atom. The topological polar surface area (TPSA) is 156 Å². The second kappa shape index (κ2) is 7.06. The van der Waals surface area contributed by atoms with Crippen molar-refractivity contribution in [3.8, 4) is 0 Å². The molecule has 11 heteroatoms. The fourth-order valence-corrected chi connectivity index (χ4v) is 1.86. The quantitative estimate of drug-likeness (QED) is 0.488. The van der Waals surface area contributed by atoms with E-state index in [4.69, 9.17) is 15.9 Å². The lowest BCUT2D eigenvalue weighted by molar-refractivity contribution is -0.137. The van der Waals surface area contributed by atoms with Gasteiger partial charge in [0.2, 0.25) is 0 Å². The van der Waals surface area contributed by atoms with Crippen LogP contribution in [0.5, 0.6) is 0 Å². The molecule has 0 aliphatic carbocycles. The minimum Gasteiger partial charge on any atom is -0.480 e. The maximum atomic E-state index is 11.8. The summed E-state index contributed by atoms with van der Waals surface area (Å²) in [6.07, 6.45) is 0. The summed E-state index contributed by atoms with van der Waals surface area (Å²) in [6.45, 7) is 2.91. The lowest BCUT2D eigenvalue weighted by atomic mass is 10.1. The molecular weight excluding hydrogens is 374 g/mol. The molecule has 2 heterocycles. The monoisotopic (exact) mass is 391 g/mol. The zero-order chi connectivity index (χ0) is 17.9. The number of hydrogen-bond donors (Lipinski definition) is 4. The number of aromatic amines is 1. The predicted octanol–water partition coefficient (Wildman–Crippen LogP) is -1.01. The van der Waals surface area contributed by atoms with E-state index in [0.29, 0.717) is 9.30 Å². The smallest absolute Gasteiger partial charge is 0.333 e. The first-order valence-electron chi connectivity index (χ1n) is 6.44. The molecule has 0 unspecified atom stereocenters. The molecule has 0 saturated carbocycles. The lowest BCUT2D eigenvalue weighted by Gasteiger charge is -2.12. The Bertz CT molecular complexity index is 829. The van der Waals surface area contributed by atoms with E-state index in [9.17, 15) is 14.4 Å². The number of nitrogens with zero attached hydrogens (tertiary/aromatic N) is 3. The van der Waals surface area contributed by atoms with Crippen LogP contribution in [0.4, 0.5) is 0 Å². The molecule has 0 atom stereocenters. The molecular formula is C12H18BrN5O5. The van der Waals surface area contributed by atoms with Crippen LogP contribution < -0.4 is 17.0 Å². The maximum Gasteiger partial charge on any atom is 0.333 e. The van der Waals surface area contributed by atoms with Gasteiger partial charge in [0.05, 0.1) is 6.61 Å². The van der Waals surface area contributed by atoms with Gasteiger partial charge in [-0.1, -0.05) is 0 Å². The van der Waals surface area contributed by atoms with E-state index >= 15 is 0 Å². The molecule has 0 spiro atoms. The van der Waals surface area contributed by atoms with Crippen molar-refractivity contribution in [2.45, 2.75) is 25.9 Å². The third-order valence-electron chi connectivity index (χ3n) is 2.65. The highest BCUT2D eigenvalue weighted by molar-refractivity contribution is 9.10. The van der Waals surface area contributed by atoms with E-state index in [0.717, 1.165) is 4.57 Å². The Kier molecular flexibility index (Phi) is 5.86. The average molecular weight is 392 g/mol. The Morgan fingerprint density at radius 3 is 2.39 bits per heavy atom. The van der Waals surface area contributed by atoms with Crippen molar-refractivity contribution in [3.05, 3.63) is 25.6 Å². The lowest BCUT2D eigenvalue weighted by Crippen LogP contribution is -2.40. The number of carboxylic acid groups (broad SMARTS) is 1. The molecule has 10 nitrogen and oxygen atoms in total. The third kappa shape index (κ3) is 4.74. The third-order valence-corrected chi connectivity index (χ3v) is 3.03.